The van der Waals surface area contributed by atoms with Crippen molar-refractivity contribution in [1.82, 2.24) is 0 Å². The minimum atomic E-state index is -0.750. The topological polar surface area (TPSA) is 0 Å². The zero-order valence-electron chi connectivity index (χ0n) is 5.16. The van der Waals surface area contributed by atoms with Crippen LogP contribution in [0.4, 0.5) is 0 Å². The predicted octanol–water partition coefficient (Wildman–Crippen LogP) is 3.05. The van der Waals surface area contributed by atoms with E-state index < -0.39 is 4.96 Å². The summed E-state index contributed by atoms with van der Waals surface area (Å²) in [5.74, 6) is 0. The molecule has 50 valence electrons. The van der Waals surface area contributed by atoms with E-state index in [1.54, 1.807) is 0 Å². The van der Waals surface area contributed by atoms with Gasteiger partial charge in [0.2, 0.25) is 0 Å². The van der Waals surface area contributed by atoms with E-state index in [0.29, 0.717) is 7.92 Å². The lowest BCUT2D eigenvalue weighted by atomic mass is 10.7. The first-order chi connectivity index (χ1) is 3.46. The SMILES string of the molecule is CP(C)C.ClB(Cl)Cl. The van der Waals surface area contributed by atoms with Crippen molar-refractivity contribution < 1.29 is 0 Å². The van der Waals surface area contributed by atoms with E-state index in [1.807, 2.05) is 0 Å². The monoisotopic (exact) mass is 192 g/mol. The maximum Gasteiger partial charge on any atom is 0.450 e. The molecule has 0 rings (SSSR count). The molecule has 8 heavy (non-hydrogen) atoms. The first-order valence-electron chi connectivity index (χ1n) is 2.00. The van der Waals surface area contributed by atoms with Crippen molar-refractivity contribution in [3.63, 3.8) is 0 Å². The first kappa shape index (κ1) is 12.1. The average Bonchev–Trinajstić information content (AvgIpc) is 1.25. The fraction of sp³-hybridized carbons (Fsp3) is 1.00. The molecule has 0 aliphatic rings. The summed E-state index contributed by atoms with van der Waals surface area (Å²) in [7, 11) is 0.380. The zero-order valence-corrected chi connectivity index (χ0v) is 8.32. The smallest absolute Gasteiger partial charge is 0.150 e. The predicted molar refractivity (Wildman–Crippen MR) is 48.0 cm³/mol. The molecular formula is C3H9BCl3P. The van der Waals surface area contributed by atoms with Crippen molar-refractivity contribution in [2.45, 2.75) is 0 Å². The Morgan fingerprint density at radius 3 is 1.00 bits per heavy atom. The highest BCUT2D eigenvalue weighted by molar-refractivity contribution is 7.55. The van der Waals surface area contributed by atoms with Gasteiger partial charge in [0.1, 0.15) is 0 Å². The van der Waals surface area contributed by atoms with Crippen molar-refractivity contribution in [2.75, 3.05) is 20.0 Å². The third-order valence-electron chi connectivity index (χ3n) is 0. The van der Waals surface area contributed by atoms with Crippen LogP contribution in [0.2, 0.25) is 0 Å². The molecular weight excluding hydrogens is 184 g/mol. The Labute approximate surface area is 67.5 Å². The molecule has 0 aliphatic heterocycles. The average molecular weight is 193 g/mol. The van der Waals surface area contributed by atoms with Gasteiger partial charge in [-0.25, -0.2) is 0 Å². The molecule has 0 saturated carbocycles. The van der Waals surface area contributed by atoms with Crippen molar-refractivity contribution in [1.29, 1.82) is 0 Å². The van der Waals surface area contributed by atoms with Crippen LogP contribution >= 0.6 is 42.3 Å². The van der Waals surface area contributed by atoms with E-state index in [1.165, 1.54) is 0 Å². The largest absolute Gasteiger partial charge is 0.450 e. The van der Waals surface area contributed by atoms with Crippen LogP contribution in [0.3, 0.4) is 0 Å². The molecule has 0 aromatic rings. The highest BCUT2D eigenvalue weighted by Gasteiger charge is 1.91. The molecule has 0 fully saturated rings. The van der Waals surface area contributed by atoms with Crippen molar-refractivity contribution in [3.05, 3.63) is 0 Å². The minimum absolute atomic E-state index is 0.380. The van der Waals surface area contributed by atoms with Gasteiger partial charge in [0.15, 0.2) is 0 Å². The Bertz CT molecular complexity index is 30.0. The fourth-order valence-electron chi connectivity index (χ4n) is 0. The summed E-state index contributed by atoms with van der Waals surface area (Å²) >= 11 is 14.4. The first-order valence-corrected chi connectivity index (χ1v) is 5.99. The molecule has 0 heterocycles. The summed E-state index contributed by atoms with van der Waals surface area (Å²) in [4.78, 5) is -0.750. The maximum atomic E-state index is 4.81. The molecule has 0 unspecified atom stereocenters. The van der Waals surface area contributed by atoms with Crippen LogP contribution in [0.5, 0.6) is 0 Å². The lowest BCUT2D eigenvalue weighted by Gasteiger charge is -1.81. The quantitative estimate of drug-likeness (QED) is 0.410. The van der Waals surface area contributed by atoms with Gasteiger partial charge in [-0.05, 0) is 20.0 Å². The van der Waals surface area contributed by atoms with E-state index in [9.17, 15) is 0 Å². The van der Waals surface area contributed by atoms with E-state index in [4.69, 9.17) is 34.4 Å². The third kappa shape index (κ3) is 160. The van der Waals surface area contributed by atoms with Gasteiger partial charge in [0.25, 0.3) is 0 Å². The summed E-state index contributed by atoms with van der Waals surface area (Å²) in [6.07, 6.45) is 0. The molecule has 0 N–H and O–H groups in total. The zero-order chi connectivity index (χ0) is 7.15. The second-order valence-corrected chi connectivity index (χ2v) is 6.25. The summed E-state index contributed by atoms with van der Waals surface area (Å²) in [6, 6.07) is 0. The van der Waals surface area contributed by atoms with Gasteiger partial charge >= 0.3 is 4.96 Å². The van der Waals surface area contributed by atoms with E-state index in [2.05, 4.69) is 20.0 Å². The van der Waals surface area contributed by atoms with Crippen LogP contribution in [-0.4, -0.2) is 25.0 Å². The van der Waals surface area contributed by atoms with Gasteiger partial charge in [0.05, 0.1) is 0 Å². The fourth-order valence-corrected chi connectivity index (χ4v) is 0. The summed E-state index contributed by atoms with van der Waals surface area (Å²) in [5.41, 5.74) is 0. The Balaban J connectivity index is 0. The van der Waals surface area contributed by atoms with Crippen LogP contribution in [0.15, 0.2) is 0 Å². The minimum Gasteiger partial charge on any atom is -0.150 e. The van der Waals surface area contributed by atoms with Crippen LogP contribution in [0.1, 0.15) is 0 Å². The van der Waals surface area contributed by atoms with Gasteiger partial charge in [-0.15, -0.1) is 7.92 Å². The number of rotatable bonds is 0. The maximum absolute atomic E-state index is 4.81. The van der Waals surface area contributed by atoms with Crippen LogP contribution in [0, 0.1) is 0 Å². The third-order valence-corrected chi connectivity index (χ3v) is 0. The highest BCUT2D eigenvalue weighted by atomic mass is 35.6. The van der Waals surface area contributed by atoms with Crippen molar-refractivity contribution >= 4 is 47.3 Å². The Morgan fingerprint density at radius 1 is 1.00 bits per heavy atom. The molecule has 0 radical (unpaired) electrons. The highest BCUT2D eigenvalue weighted by Crippen LogP contribution is 2.14. The van der Waals surface area contributed by atoms with Crippen LogP contribution in [0.25, 0.3) is 0 Å². The normalized spacial score (nSPS) is 7.88. The molecule has 0 bridgehead atoms. The molecule has 0 nitrogen and oxygen atoms in total. The number of hydrogen-bond donors (Lipinski definition) is 0. The van der Waals surface area contributed by atoms with Crippen LogP contribution < -0.4 is 0 Å². The molecule has 0 atom stereocenters. The molecule has 0 aromatic carbocycles. The van der Waals surface area contributed by atoms with Gasteiger partial charge in [-0.3, -0.25) is 0 Å². The van der Waals surface area contributed by atoms with Crippen LogP contribution in [-0.2, 0) is 0 Å². The standard InChI is InChI=1S/C3H9P.BCl3/c1-4(2)3;2-1(3)4/h1-3H3;. The molecule has 5 heteroatoms. The molecule has 0 saturated heterocycles. The Morgan fingerprint density at radius 2 is 1.00 bits per heavy atom. The molecule has 0 spiro atoms. The lowest BCUT2D eigenvalue weighted by Crippen LogP contribution is -1.66. The second-order valence-electron chi connectivity index (χ2n) is 1.59. The van der Waals surface area contributed by atoms with Crippen molar-refractivity contribution in [2.24, 2.45) is 0 Å². The Hall–Kier alpha value is 1.36. The van der Waals surface area contributed by atoms with E-state index in [0.717, 1.165) is 0 Å². The number of halogens is 3. The van der Waals surface area contributed by atoms with E-state index in [-0.39, 0.29) is 0 Å². The molecule has 0 aromatic heterocycles. The molecule has 0 amide bonds. The van der Waals surface area contributed by atoms with E-state index >= 15 is 0 Å². The Kier molecular flexibility index (Phi) is 12.6. The summed E-state index contributed by atoms with van der Waals surface area (Å²) in [5, 5.41) is 0. The number of hydrogen-bond acceptors (Lipinski definition) is 0. The summed E-state index contributed by atoms with van der Waals surface area (Å²) < 4.78 is 0. The molecule has 0 aliphatic carbocycles. The van der Waals surface area contributed by atoms with Gasteiger partial charge in [0, 0.05) is 0 Å². The summed E-state index contributed by atoms with van der Waals surface area (Å²) in [6.45, 7) is 6.69. The van der Waals surface area contributed by atoms with Gasteiger partial charge < -0.3 is 0 Å². The second kappa shape index (κ2) is 8.36. The van der Waals surface area contributed by atoms with Gasteiger partial charge in [-0.1, -0.05) is 0 Å². The van der Waals surface area contributed by atoms with Gasteiger partial charge in [-0.2, -0.15) is 34.4 Å². The lowest BCUT2D eigenvalue weighted by molar-refractivity contribution is 2.13. The van der Waals surface area contributed by atoms with Crippen molar-refractivity contribution in [3.8, 4) is 0 Å².